The van der Waals surface area contributed by atoms with Crippen molar-refractivity contribution in [3.63, 3.8) is 0 Å². The third-order valence-electron chi connectivity index (χ3n) is 2.39. The van der Waals surface area contributed by atoms with E-state index in [1.165, 1.54) is 11.3 Å². The highest BCUT2D eigenvalue weighted by atomic mass is 32.1. The number of hydrogen-bond acceptors (Lipinski definition) is 3. The number of ketones is 1. The van der Waals surface area contributed by atoms with Crippen LogP contribution in [0.25, 0.3) is 0 Å². The fourth-order valence-electron chi connectivity index (χ4n) is 1.54. The molecule has 0 radical (unpaired) electrons. The first-order chi connectivity index (χ1) is 6.58. The number of thiophene rings is 1. The maximum atomic E-state index is 11.4. The van der Waals surface area contributed by atoms with Gasteiger partial charge in [-0.15, -0.1) is 11.3 Å². The van der Waals surface area contributed by atoms with Gasteiger partial charge in [-0.1, -0.05) is 0 Å². The number of carbonyl (C=O) groups is 2. The standard InChI is InChI=1S/C10H11NO2S/c1-6(12)8-3-7-5-11(2)10(13)4-9(7)14-8/h3H,4-5H2,1-2H3. The first-order valence-electron chi connectivity index (χ1n) is 4.44. The van der Waals surface area contributed by atoms with Crippen LogP contribution < -0.4 is 0 Å². The van der Waals surface area contributed by atoms with Crippen LogP contribution >= 0.6 is 11.3 Å². The van der Waals surface area contributed by atoms with E-state index in [1.807, 2.05) is 6.07 Å². The van der Waals surface area contributed by atoms with Crippen molar-refractivity contribution in [1.29, 1.82) is 0 Å². The van der Waals surface area contributed by atoms with E-state index in [2.05, 4.69) is 0 Å². The van der Waals surface area contributed by atoms with E-state index in [0.717, 1.165) is 15.3 Å². The number of Topliss-reactive ketones (excluding diaryl/α,β-unsaturated/α-hetero) is 1. The number of hydrogen-bond donors (Lipinski definition) is 0. The second kappa shape index (κ2) is 3.20. The molecule has 1 aliphatic rings. The smallest absolute Gasteiger partial charge is 0.227 e. The van der Waals surface area contributed by atoms with Crippen molar-refractivity contribution in [1.82, 2.24) is 4.90 Å². The molecule has 1 amide bonds. The average molecular weight is 209 g/mol. The molecule has 1 aromatic rings. The van der Waals surface area contributed by atoms with Crippen LogP contribution in [-0.2, 0) is 17.8 Å². The molecule has 14 heavy (non-hydrogen) atoms. The summed E-state index contributed by atoms with van der Waals surface area (Å²) >= 11 is 1.45. The van der Waals surface area contributed by atoms with E-state index in [-0.39, 0.29) is 11.7 Å². The molecule has 0 N–H and O–H groups in total. The van der Waals surface area contributed by atoms with Gasteiger partial charge in [-0.25, -0.2) is 0 Å². The van der Waals surface area contributed by atoms with E-state index in [1.54, 1.807) is 18.9 Å². The summed E-state index contributed by atoms with van der Waals surface area (Å²) in [5, 5.41) is 0. The minimum Gasteiger partial charge on any atom is -0.341 e. The Morgan fingerprint density at radius 2 is 2.29 bits per heavy atom. The number of rotatable bonds is 1. The Kier molecular flexibility index (Phi) is 2.15. The zero-order valence-electron chi connectivity index (χ0n) is 8.16. The molecule has 0 aliphatic carbocycles. The van der Waals surface area contributed by atoms with Gasteiger partial charge < -0.3 is 4.90 Å². The molecule has 0 saturated carbocycles. The zero-order chi connectivity index (χ0) is 10.3. The maximum absolute atomic E-state index is 11.4. The molecular formula is C10H11NO2S. The van der Waals surface area contributed by atoms with Gasteiger partial charge in [0.1, 0.15) is 0 Å². The van der Waals surface area contributed by atoms with E-state index in [9.17, 15) is 9.59 Å². The topological polar surface area (TPSA) is 37.4 Å². The molecule has 2 heterocycles. The molecule has 0 bridgehead atoms. The lowest BCUT2D eigenvalue weighted by Crippen LogP contribution is -2.31. The van der Waals surface area contributed by atoms with Crippen LogP contribution in [0.3, 0.4) is 0 Å². The van der Waals surface area contributed by atoms with Crippen molar-refractivity contribution in [2.45, 2.75) is 19.9 Å². The number of fused-ring (bicyclic) bond motifs is 1. The molecule has 74 valence electrons. The highest BCUT2D eigenvalue weighted by Crippen LogP contribution is 2.28. The Morgan fingerprint density at radius 1 is 1.57 bits per heavy atom. The van der Waals surface area contributed by atoms with Crippen molar-refractivity contribution in [2.24, 2.45) is 0 Å². The molecule has 1 aromatic heterocycles. The first kappa shape index (κ1) is 9.40. The minimum atomic E-state index is 0.0829. The number of carbonyl (C=O) groups excluding carboxylic acids is 2. The van der Waals surface area contributed by atoms with Gasteiger partial charge in [-0.05, 0) is 18.6 Å². The SMILES string of the molecule is CC(=O)c1cc2c(s1)CC(=O)N(C)C2. The molecule has 0 unspecified atom stereocenters. The molecule has 1 aliphatic heterocycles. The minimum absolute atomic E-state index is 0.0829. The summed E-state index contributed by atoms with van der Waals surface area (Å²) in [6.07, 6.45) is 0.448. The first-order valence-corrected chi connectivity index (χ1v) is 5.26. The third-order valence-corrected chi connectivity index (χ3v) is 3.67. The van der Waals surface area contributed by atoms with Gasteiger partial charge in [-0.2, -0.15) is 0 Å². The van der Waals surface area contributed by atoms with Gasteiger partial charge in [0.05, 0.1) is 11.3 Å². The van der Waals surface area contributed by atoms with E-state index in [0.29, 0.717) is 13.0 Å². The summed E-state index contributed by atoms with van der Waals surface area (Å²) in [4.78, 5) is 26.0. The Balaban J connectivity index is 2.38. The highest BCUT2D eigenvalue weighted by Gasteiger charge is 2.23. The van der Waals surface area contributed by atoms with Crippen LogP contribution in [0.5, 0.6) is 0 Å². The summed E-state index contributed by atoms with van der Waals surface area (Å²) in [6, 6.07) is 1.91. The number of amides is 1. The van der Waals surface area contributed by atoms with Crippen LogP contribution in [0, 0.1) is 0 Å². The van der Waals surface area contributed by atoms with Crippen LogP contribution in [0.2, 0.25) is 0 Å². The van der Waals surface area contributed by atoms with E-state index < -0.39 is 0 Å². The van der Waals surface area contributed by atoms with Crippen LogP contribution in [0.15, 0.2) is 6.07 Å². The molecule has 2 rings (SSSR count). The highest BCUT2D eigenvalue weighted by molar-refractivity contribution is 7.14. The lowest BCUT2D eigenvalue weighted by Gasteiger charge is -2.21. The predicted molar refractivity (Wildman–Crippen MR) is 54.5 cm³/mol. The van der Waals surface area contributed by atoms with E-state index in [4.69, 9.17) is 0 Å². The van der Waals surface area contributed by atoms with Crippen LogP contribution in [0.1, 0.15) is 27.0 Å². The second-order valence-electron chi connectivity index (χ2n) is 3.54. The molecule has 0 aromatic carbocycles. The molecular weight excluding hydrogens is 198 g/mol. The lowest BCUT2D eigenvalue weighted by molar-refractivity contribution is -0.130. The molecule has 4 heteroatoms. The summed E-state index contributed by atoms with van der Waals surface area (Å²) in [5.74, 6) is 0.217. The average Bonchev–Trinajstić information content (AvgIpc) is 2.48. The zero-order valence-corrected chi connectivity index (χ0v) is 8.98. The Morgan fingerprint density at radius 3 is 2.93 bits per heavy atom. The summed E-state index contributed by atoms with van der Waals surface area (Å²) in [5.41, 5.74) is 1.13. The molecule has 0 fully saturated rings. The van der Waals surface area contributed by atoms with Crippen molar-refractivity contribution in [3.05, 3.63) is 21.4 Å². The molecule has 0 spiro atoms. The summed E-state index contributed by atoms with van der Waals surface area (Å²) in [6.45, 7) is 2.20. The Hall–Kier alpha value is -1.16. The fourth-order valence-corrected chi connectivity index (χ4v) is 2.60. The second-order valence-corrected chi connectivity index (χ2v) is 4.68. The lowest BCUT2D eigenvalue weighted by atomic mass is 10.1. The van der Waals surface area contributed by atoms with Crippen molar-refractivity contribution in [2.75, 3.05) is 7.05 Å². The van der Waals surface area contributed by atoms with Gasteiger partial charge in [0.25, 0.3) is 0 Å². The summed E-state index contributed by atoms with van der Waals surface area (Å²) < 4.78 is 0. The van der Waals surface area contributed by atoms with Gasteiger partial charge in [0.2, 0.25) is 5.91 Å². The van der Waals surface area contributed by atoms with Crippen molar-refractivity contribution < 1.29 is 9.59 Å². The van der Waals surface area contributed by atoms with Gasteiger partial charge in [0.15, 0.2) is 5.78 Å². The number of nitrogens with zero attached hydrogens (tertiary/aromatic N) is 1. The molecule has 0 saturated heterocycles. The molecule has 0 atom stereocenters. The predicted octanol–water partition coefficient (Wildman–Crippen LogP) is 1.47. The monoisotopic (exact) mass is 209 g/mol. The van der Waals surface area contributed by atoms with E-state index >= 15 is 0 Å². The Bertz CT molecular complexity index is 408. The van der Waals surface area contributed by atoms with Crippen LogP contribution in [0.4, 0.5) is 0 Å². The largest absolute Gasteiger partial charge is 0.341 e. The normalized spacial score (nSPS) is 15.6. The quantitative estimate of drug-likeness (QED) is 0.657. The molecule has 3 nitrogen and oxygen atoms in total. The van der Waals surface area contributed by atoms with Gasteiger partial charge >= 0.3 is 0 Å². The fraction of sp³-hybridized carbons (Fsp3) is 0.400. The van der Waals surface area contributed by atoms with Crippen molar-refractivity contribution >= 4 is 23.0 Å². The van der Waals surface area contributed by atoms with Gasteiger partial charge in [0, 0.05) is 18.5 Å². The van der Waals surface area contributed by atoms with Gasteiger partial charge in [-0.3, -0.25) is 9.59 Å². The third kappa shape index (κ3) is 1.46. The Labute approximate surface area is 86.3 Å². The summed E-state index contributed by atoms with van der Waals surface area (Å²) in [7, 11) is 1.79. The number of likely N-dealkylation sites (N-methyl/N-ethyl adjacent to an activating group) is 1. The maximum Gasteiger partial charge on any atom is 0.227 e. The van der Waals surface area contributed by atoms with Crippen LogP contribution in [-0.4, -0.2) is 23.6 Å². The van der Waals surface area contributed by atoms with Crippen molar-refractivity contribution in [3.8, 4) is 0 Å².